The smallest absolute Gasteiger partial charge is 0.310 e. The van der Waals surface area contributed by atoms with Gasteiger partial charge in [0.1, 0.15) is 17.6 Å². The van der Waals surface area contributed by atoms with Gasteiger partial charge in [-0.05, 0) is 67.7 Å². The zero-order chi connectivity index (χ0) is 39.9. The lowest BCUT2D eigenvalue weighted by Crippen LogP contribution is -2.58. The quantitative estimate of drug-likeness (QED) is 0.222. The first-order valence-electron chi connectivity index (χ1n) is 19.2. The fourth-order valence-electron chi connectivity index (χ4n) is 8.02. The number of carbonyl (C=O) groups excluding carboxylic acids is 4. The Kier molecular flexibility index (Phi) is 10.5. The van der Waals surface area contributed by atoms with Gasteiger partial charge in [-0.2, -0.15) is 5.10 Å². The van der Waals surface area contributed by atoms with Crippen molar-refractivity contribution in [3.8, 4) is 16.9 Å². The van der Waals surface area contributed by atoms with Crippen molar-refractivity contribution in [1.82, 2.24) is 35.0 Å². The van der Waals surface area contributed by atoms with Crippen LogP contribution in [0, 0.1) is 5.92 Å². The summed E-state index contributed by atoms with van der Waals surface area (Å²) in [6.45, 7) is -0.117. The van der Waals surface area contributed by atoms with E-state index < -0.39 is 74.0 Å². The molecule has 0 bridgehead atoms. The first-order chi connectivity index (χ1) is 27.5. The van der Waals surface area contributed by atoms with Gasteiger partial charge in [0.05, 0.1) is 40.6 Å². The number of fused-ring (bicyclic) bond motifs is 3. The van der Waals surface area contributed by atoms with E-state index in [2.05, 4.69) is 25.4 Å². The largest absolute Gasteiger partial charge is 0.491 e. The molecule has 1 aromatic carbocycles. The van der Waals surface area contributed by atoms with Crippen molar-refractivity contribution in [3.63, 3.8) is 0 Å². The number of thiophene rings is 1. The number of carbonyl (C=O) groups is 4. The number of allylic oxidation sites excluding steroid dienone is 1. The van der Waals surface area contributed by atoms with Crippen LogP contribution in [0.3, 0.4) is 0 Å². The van der Waals surface area contributed by atoms with Gasteiger partial charge in [0, 0.05) is 30.5 Å². The number of aromatic nitrogens is 3. The van der Waals surface area contributed by atoms with E-state index in [0.717, 1.165) is 23.7 Å². The van der Waals surface area contributed by atoms with Crippen molar-refractivity contribution >= 4 is 55.9 Å². The third-order valence-corrected chi connectivity index (χ3v) is 14.0. The minimum Gasteiger partial charge on any atom is -0.491 e. The molecule has 4 amide bonds. The third kappa shape index (κ3) is 7.57. The van der Waals surface area contributed by atoms with Gasteiger partial charge in [0.15, 0.2) is 5.75 Å². The molecule has 57 heavy (non-hydrogen) atoms. The van der Waals surface area contributed by atoms with E-state index in [1.807, 2.05) is 36.4 Å². The van der Waals surface area contributed by atoms with Crippen LogP contribution in [0.15, 0.2) is 77.2 Å². The lowest BCUT2D eigenvalue weighted by Gasteiger charge is -2.30. The molecule has 2 aliphatic carbocycles. The van der Waals surface area contributed by atoms with Crippen molar-refractivity contribution in [2.45, 2.75) is 86.7 Å². The maximum Gasteiger partial charge on any atom is 0.310 e. The molecule has 5 heterocycles. The number of para-hydroxylation sites is 1. The van der Waals surface area contributed by atoms with Crippen molar-refractivity contribution < 1.29 is 32.3 Å². The Bertz CT molecular complexity index is 2430. The highest BCUT2D eigenvalue weighted by Crippen LogP contribution is 2.46. The number of ether oxygens (including phenoxy) is 1. The minimum atomic E-state index is -3.93. The number of hydrogen-bond donors (Lipinski definition) is 3. The lowest BCUT2D eigenvalue weighted by molar-refractivity contribution is -0.141. The SMILES string of the molecule is COc1c(-c2ccnc3ccccc23)cnn(C2C[C@H]3C(=O)NC4(C(=O)NS(=O)(=O)C5CC5)CC4/C=C\CCCCCC(NC(=O)c4cccs4)C(=O)N3C2)c1=O. The number of rotatable bonds is 8. The molecule has 298 valence electrons. The molecule has 8 rings (SSSR count). The molecule has 1 saturated heterocycles. The van der Waals surface area contributed by atoms with E-state index in [0.29, 0.717) is 48.1 Å². The zero-order valence-electron chi connectivity index (χ0n) is 31.3. The van der Waals surface area contributed by atoms with Crippen LogP contribution in [0.2, 0.25) is 0 Å². The maximum atomic E-state index is 14.7. The number of amides is 4. The predicted molar refractivity (Wildman–Crippen MR) is 212 cm³/mol. The number of nitrogens with one attached hydrogen (secondary N) is 3. The molecule has 2 saturated carbocycles. The van der Waals surface area contributed by atoms with Gasteiger partial charge in [0.2, 0.25) is 21.8 Å². The summed E-state index contributed by atoms with van der Waals surface area (Å²) in [5.41, 5.74) is -0.281. The van der Waals surface area contributed by atoms with Crippen LogP contribution in [-0.4, -0.2) is 88.2 Å². The normalized spacial score (nSPS) is 25.9. The van der Waals surface area contributed by atoms with Crippen LogP contribution in [0.1, 0.15) is 73.5 Å². The van der Waals surface area contributed by atoms with Crippen molar-refractivity contribution in [2.75, 3.05) is 13.7 Å². The molecule has 5 atom stereocenters. The number of hydrogen-bond acceptors (Lipinski definition) is 11. The number of benzene rings is 1. The van der Waals surface area contributed by atoms with Crippen LogP contribution in [0.5, 0.6) is 5.75 Å². The molecule has 4 aliphatic rings. The summed E-state index contributed by atoms with van der Waals surface area (Å²) in [5, 5.41) is 12.2. The Morgan fingerprint density at radius 3 is 2.61 bits per heavy atom. The Morgan fingerprint density at radius 1 is 1.02 bits per heavy atom. The molecule has 3 N–H and O–H groups in total. The van der Waals surface area contributed by atoms with Gasteiger partial charge >= 0.3 is 5.56 Å². The monoisotopic (exact) mass is 813 g/mol. The molecule has 3 fully saturated rings. The average molecular weight is 814 g/mol. The Hall–Kier alpha value is -5.42. The first-order valence-corrected chi connectivity index (χ1v) is 21.6. The molecule has 0 radical (unpaired) electrons. The van der Waals surface area contributed by atoms with Crippen LogP contribution in [-0.2, 0) is 24.4 Å². The molecular formula is C40H43N7O8S2. The molecule has 0 spiro atoms. The minimum absolute atomic E-state index is 0.0165. The lowest BCUT2D eigenvalue weighted by atomic mass is 10.0. The summed E-state index contributed by atoms with van der Waals surface area (Å²) < 4.78 is 34.9. The molecule has 17 heteroatoms. The summed E-state index contributed by atoms with van der Waals surface area (Å²) in [6, 6.07) is 9.65. The maximum absolute atomic E-state index is 14.7. The average Bonchev–Trinajstić information content (AvgIpc) is 4.06. The van der Waals surface area contributed by atoms with E-state index in [1.54, 1.807) is 29.8 Å². The molecular weight excluding hydrogens is 771 g/mol. The number of nitrogens with zero attached hydrogens (tertiary/aromatic N) is 4. The highest BCUT2D eigenvalue weighted by molar-refractivity contribution is 7.91. The van der Waals surface area contributed by atoms with Gasteiger partial charge in [-0.15, -0.1) is 11.3 Å². The summed E-state index contributed by atoms with van der Waals surface area (Å²) in [5.74, 6) is -2.89. The number of sulfonamides is 1. The molecule has 4 unspecified atom stereocenters. The number of methoxy groups -OCH3 is 1. The standard InChI is InChI=1S/C40H43N7O8S2/c1-55-34-29(27-17-18-41-30-12-8-7-11-28(27)30)22-42-47(38(34)51)25-20-32-35(48)44-40(39(52)45-57(53,54)26-15-16-26)21-24(40)10-5-3-2-4-6-13-31(37(50)46(32)23-25)43-36(49)33-14-9-19-56-33/h5,7-12,14,17-19,22,24-26,31-32H,2-4,6,13,15-16,20-21,23H2,1H3,(H,43,49)(H,44,48)(H,45,52)/b10-5-/t24?,25?,31?,32-,40?/m0/s1. The van der Waals surface area contributed by atoms with Crippen LogP contribution < -0.4 is 25.7 Å². The first kappa shape index (κ1) is 38.5. The van der Waals surface area contributed by atoms with Crippen molar-refractivity contribution in [3.05, 3.63) is 87.6 Å². The topological polar surface area (TPSA) is 199 Å². The van der Waals surface area contributed by atoms with Crippen molar-refractivity contribution in [2.24, 2.45) is 5.92 Å². The summed E-state index contributed by atoms with van der Waals surface area (Å²) in [7, 11) is -2.54. The fraction of sp³-hybridized carbons (Fsp3) is 0.425. The third-order valence-electron chi connectivity index (χ3n) is 11.4. The highest BCUT2D eigenvalue weighted by Gasteiger charge is 2.62. The fourth-order valence-corrected chi connectivity index (χ4v) is 10.0. The molecule has 3 aromatic heterocycles. The van der Waals surface area contributed by atoms with Crippen LogP contribution in [0.25, 0.3) is 22.0 Å². The Morgan fingerprint density at radius 2 is 1.84 bits per heavy atom. The van der Waals surface area contributed by atoms with Gasteiger partial charge < -0.3 is 20.3 Å². The second-order valence-electron chi connectivity index (χ2n) is 15.1. The van der Waals surface area contributed by atoms with E-state index in [-0.39, 0.29) is 25.1 Å². The zero-order valence-corrected chi connectivity index (χ0v) is 32.9. The second-order valence-corrected chi connectivity index (χ2v) is 18.0. The van der Waals surface area contributed by atoms with Gasteiger partial charge in [-0.1, -0.05) is 49.3 Å². The second kappa shape index (κ2) is 15.5. The summed E-state index contributed by atoms with van der Waals surface area (Å²) >= 11 is 1.24. The van der Waals surface area contributed by atoms with Crippen LogP contribution >= 0.6 is 11.3 Å². The van der Waals surface area contributed by atoms with Gasteiger partial charge in [0.25, 0.3) is 11.8 Å². The Balaban J connectivity index is 1.15. The number of pyridine rings is 1. The molecule has 15 nitrogen and oxygen atoms in total. The Labute approximate surface area is 332 Å². The summed E-state index contributed by atoms with van der Waals surface area (Å²) in [4.78, 5) is 76.8. The molecule has 2 aliphatic heterocycles. The van der Waals surface area contributed by atoms with Gasteiger partial charge in [-0.25, -0.2) is 13.1 Å². The van der Waals surface area contributed by atoms with E-state index >= 15 is 0 Å². The van der Waals surface area contributed by atoms with E-state index in [1.165, 1.54) is 34.2 Å². The molecule has 4 aromatic rings. The highest BCUT2D eigenvalue weighted by atomic mass is 32.2. The van der Waals surface area contributed by atoms with Gasteiger partial charge in [-0.3, -0.25) is 33.7 Å². The van der Waals surface area contributed by atoms with E-state index in [9.17, 15) is 32.4 Å². The van der Waals surface area contributed by atoms with E-state index in [4.69, 9.17) is 4.74 Å². The van der Waals surface area contributed by atoms with Crippen molar-refractivity contribution in [1.29, 1.82) is 0 Å². The van der Waals surface area contributed by atoms with Crippen LogP contribution in [0.4, 0.5) is 0 Å². The summed E-state index contributed by atoms with van der Waals surface area (Å²) in [6.07, 6.45) is 11.1. The predicted octanol–water partition coefficient (Wildman–Crippen LogP) is 3.47.